The van der Waals surface area contributed by atoms with E-state index in [2.05, 4.69) is 41.8 Å². The van der Waals surface area contributed by atoms with E-state index in [1.807, 2.05) is 28.8 Å². The summed E-state index contributed by atoms with van der Waals surface area (Å²) in [6.45, 7) is 0. The van der Waals surface area contributed by atoms with Gasteiger partial charge in [-0.05, 0) is 40.2 Å². The maximum atomic E-state index is 6.35. The molecule has 0 amide bonds. The molecule has 7 heteroatoms. The van der Waals surface area contributed by atoms with Crippen LogP contribution in [-0.4, -0.2) is 20.4 Å². The van der Waals surface area contributed by atoms with Crippen molar-refractivity contribution >= 4 is 66.2 Å². The van der Waals surface area contributed by atoms with E-state index in [0.717, 1.165) is 31.6 Å². The molecule has 0 N–H and O–H groups in total. The zero-order chi connectivity index (χ0) is 15.0. The van der Waals surface area contributed by atoms with E-state index in [9.17, 15) is 0 Å². The lowest BCUT2D eigenvalue weighted by Crippen LogP contribution is -2.03. The Morgan fingerprint density at radius 1 is 1.14 bits per heavy atom. The highest BCUT2D eigenvalue weighted by atomic mass is 79.9. The predicted octanol–water partition coefficient (Wildman–Crippen LogP) is 5.38. The summed E-state index contributed by atoms with van der Waals surface area (Å²) < 4.78 is 3.78. The van der Waals surface area contributed by atoms with Crippen LogP contribution in [0.4, 0.5) is 0 Å². The Morgan fingerprint density at radius 2 is 1.95 bits per heavy atom. The summed E-state index contributed by atoms with van der Waals surface area (Å²) in [6, 6.07) is 7.62. The highest BCUT2D eigenvalue weighted by Crippen LogP contribution is 2.29. The summed E-state index contributed by atoms with van der Waals surface area (Å²) in [5, 5.41) is 0.637. The molecule has 3 rings (SSSR count). The van der Waals surface area contributed by atoms with Crippen LogP contribution in [0.1, 0.15) is 5.82 Å². The molecule has 0 atom stereocenters. The van der Waals surface area contributed by atoms with Crippen molar-refractivity contribution in [3.8, 4) is 5.69 Å². The van der Waals surface area contributed by atoms with Gasteiger partial charge in [0.15, 0.2) is 5.65 Å². The first-order valence-electron chi connectivity index (χ1n) is 6.14. The van der Waals surface area contributed by atoms with Gasteiger partial charge in [-0.15, -0.1) is 11.6 Å². The molecule has 0 unspecified atom stereocenters. The predicted molar refractivity (Wildman–Crippen MR) is 93.7 cm³/mol. The first-order valence-corrected chi connectivity index (χ1v) is 8.64. The number of pyridine rings is 1. The Bertz CT molecular complexity index is 817. The number of benzene rings is 1. The van der Waals surface area contributed by atoms with Crippen molar-refractivity contribution in [3.05, 3.63) is 50.3 Å². The first kappa shape index (κ1) is 15.3. The zero-order valence-corrected chi connectivity index (χ0v) is 15.3. The number of halogens is 4. The molecule has 0 fully saturated rings. The second-order valence-corrected chi connectivity index (χ2v) is 7.01. The van der Waals surface area contributed by atoms with Gasteiger partial charge >= 0.3 is 0 Å². The summed E-state index contributed by atoms with van der Waals surface area (Å²) in [4.78, 5) is 9.09. The summed E-state index contributed by atoms with van der Waals surface area (Å²) >= 11 is 19.1. The fourth-order valence-electron chi connectivity index (χ4n) is 2.15. The van der Waals surface area contributed by atoms with E-state index in [-0.39, 0.29) is 0 Å². The molecule has 0 saturated carbocycles. The summed E-state index contributed by atoms with van der Waals surface area (Å²) in [5.74, 6) is 1.32. The molecular formula is C14H9Br2Cl2N3. The van der Waals surface area contributed by atoms with Gasteiger partial charge in [-0.2, -0.15) is 0 Å². The van der Waals surface area contributed by atoms with Crippen LogP contribution in [0.15, 0.2) is 39.4 Å². The fourth-order valence-corrected chi connectivity index (χ4v) is 3.19. The van der Waals surface area contributed by atoms with Gasteiger partial charge in [0.25, 0.3) is 0 Å². The molecule has 0 aliphatic carbocycles. The number of nitrogens with zero attached hydrogens (tertiary/aromatic N) is 3. The smallest absolute Gasteiger partial charge is 0.164 e. The van der Waals surface area contributed by atoms with Crippen molar-refractivity contribution in [2.24, 2.45) is 0 Å². The van der Waals surface area contributed by atoms with Crippen molar-refractivity contribution in [2.45, 2.75) is 6.42 Å². The van der Waals surface area contributed by atoms with Crippen LogP contribution < -0.4 is 0 Å². The number of hydrogen-bond donors (Lipinski definition) is 0. The van der Waals surface area contributed by atoms with Crippen molar-refractivity contribution in [1.82, 2.24) is 14.5 Å². The fraction of sp³-hybridized carbons (Fsp3) is 0.143. The van der Waals surface area contributed by atoms with E-state index >= 15 is 0 Å². The van der Waals surface area contributed by atoms with Gasteiger partial charge in [-0.25, -0.2) is 9.97 Å². The number of imidazole rings is 1. The highest BCUT2D eigenvalue weighted by molar-refractivity contribution is 9.10. The Morgan fingerprint density at radius 3 is 2.71 bits per heavy atom. The Labute approximate surface area is 148 Å². The van der Waals surface area contributed by atoms with E-state index in [4.69, 9.17) is 23.2 Å². The topological polar surface area (TPSA) is 30.7 Å². The maximum absolute atomic E-state index is 6.35. The number of fused-ring (bicyclic) bond motifs is 1. The highest BCUT2D eigenvalue weighted by Gasteiger charge is 2.16. The lowest BCUT2D eigenvalue weighted by molar-refractivity contribution is 0.905. The SMILES string of the molecule is ClCCc1nc2cc(Br)cnc2n1-c1cc(Br)ccc1Cl. The van der Waals surface area contributed by atoms with Crippen molar-refractivity contribution in [2.75, 3.05) is 5.88 Å². The molecule has 0 bridgehead atoms. The van der Waals surface area contributed by atoms with E-state index in [1.165, 1.54) is 0 Å². The van der Waals surface area contributed by atoms with Crippen LogP contribution in [0.2, 0.25) is 5.02 Å². The molecule has 0 spiro atoms. The second kappa shape index (κ2) is 6.24. The third-order valence-corrected chi connectivity index (χ3v) is 4.44. The van der Waals surface area contributed by atoms with Crippen LogP contribution in [-0.2, 0) is 6.42 Å². The summed E-state index contributed by atoms with van der Waals surface area (Å²) in [5.41, 5.74) is 2.40. The molecule has 0 aliphatic heterocycles. The third kappa shape index (κ3) is 2.97. The largest absolute Gasteiger partial charge is 0.279 e. The molecule has 21 heavy (non-hydrogen) atoms. The Balaban J connectivity index is 2.33. The standard InChI is InChI=1S/C14H9Br2Cl2N3/c15-8-1-2-10(18)12(6-8)21-13(3-4-17)20-11-5-9(16)7-19-14(11)21/h1-2,5-7H,3-4H2. The normalized spacial score (nSPS) is 11.2. The molecule has 0 radical (unpaired) electrons. The van der Waals surface area contributed by atoms with Gasteiger partial charge in [0.1, 0.15) is 11.3 Å². The monoisotopic (exact) mass is 447 g/mol. The van der Waals surface area contributed by atoms with Gasteiger partial charge in [0.05, 0.1) is 10.7 Å². The number of aryl methyl sites for hydroxylation is 1. The van der Waals surface area contributed by atoms with Crippen LogP contribution in [0.25, 0.3) is 16.9 Å². The van der Waals surface area contributed by atoms with Crippen LogP contribution in [0.3, 0.4) is 0 Å². The van der Waals surface area contributed by atoms with E-state index in [0.29, 0.717) is 17.3 Å². The second-order valence-electron chi connectivity index (χ2n) is 4.39. The Kier molecular flexibility index (Phi) is 4.54. The first-order chi connectivity index (χ1) is 10.1. The summed E-state index contributed by atoms with van der Waals surface area (Å²) in [6.07, 6.45) is 2.38. The molecular weight excluding hydrogens is 441 g/mol. The molecule has 2 heterocycles. The lowest BCUT2D eigenvalue weighted by atomic mass is 10.3. The number of rotatable bonds is 3. The number of aromatic nitrogens is 3. The minimum atomic E-state index is 0.482. The number of hydrogen-bond acceptors (Lipinski definition) is 2. The van der Waals surface area contributed by atoms with Gasteiger partial charge in [-0.3, -0.25) is 4.57 Å². The molecule has 2 aromatic heterocycles. The molecule has 3 aromatic rings. The average molecular weight is 450 g/mol. The molecule has 0 saturated heterocycles. The van der Waals surface area contributed by atoms with Crippen molar-refractivity contribution in [3.63, 3.8) is 0 Å². The molecule has 3 nitrogen and oxygen atoms in total. The quantitative estimate of drug-likeness (QED) is 0.502. The van der Waals surface area contributed by atoms with E-state index < -0.39 is 0 Å². The van der Waals surface area contributed by atoms with Crippen LogP contribution >= 0.6 is 55.1 Å². The minimum Gasteiger partial charge on any atom is -0.279 e. The van der Waals surface area contributed by atoms with Gasteiger partial charge in [0, 0.05) is 27.4 Å². The Hall–Kier alpha value is -0.620. The average Bonchev–Trinajstić information content (AvgIpc) is 2.79. The van der Waals surface area contributed by atoms with Gasteiger partial charge in [-0.1, -0.05) is 27.5 Å². The maximum Gasteiger partial charge on any atom is 0.164 e. The van der Waals surface area contributed by atoms with Gasteiger partial charge in [0.2, 0.25) is 0 Å². The molecule has 0 aliphatic rings. The third-order valence-electron chi connectivity index (χ3n) is 3.00. The zero-order valence-electron chi connectivity index (χ0n) is 10.7. The van der Waals surface area contributed by atoms with Crippen molar-refractivity contribution in [1.29, 1.82) is 0 Å². The lowest BCUT2D eigenvalue weighted by Gasteiger charge is -2.10. The van der Waals surface area contributed by atoms with Gasteiger partial charge < -0.3 is 0 Å². The van der Waals surface area contributed by atoms with E-state index in [1.54, 1.807) is 6.20 Å². The van der Waals surface area contributed by atoms with Crippen molar-refractivity contribution < 1.29 is 0 Å². The van der Waals surface area contributed by atoms with Crippen LogP contribution in [0, 0.1) is 0 Å². The van der Waals surface area contributed by atoms with Crippen LogP contribution in [0.5, 0.6) is 0 Å². The number of alkyl halides is 1. The summed E-state index contributed by atoms with van der Waals surface area (Å²) in [7, 11) is 0. The minimum absolute atomic E-state index is 0.482. The molecule has 1 aromatic carbocycles. The molecule has 108 valence electrons.